The van der Waals surface area contributed by atoms with E-state index in [0.717, 1.165) is 11.1 Å². The molecule has 23 heavy (non-hydrogen) atoms. The molecule has 0 atom stereocenters. The van der Waals surface area contributed by atoms with Crippen LogP contribution in [0.5, 0.6) is 0 Å². The topological polar surface area (TPSA) is 68.0 Å². The first-order valence-corrected chi connectivity index (χ1v) is 7.49. The maximum atomic E-state index is 11.6. The molecule has 0 saturated carbocycles. The molecule has 3 rings (SSSR count). The van der Waals surface area contributed by atoms with Crippen LogP contribution in [0.25, 0.3) is 0 Å². The monoisotopic (exact) mass is 307 g/mol. The molecule has 3 aromatic rings. The molecule has 0 aliphatic rings. The normalized spacial score (nSPS) is 10.9. The van der Waals surface area contributed by atoms with Crippen LogP contribution in [0.1, 0.15) is 40.2 Å². The molecule has 0 amide bonds. The Hall–Kier alpha value is -2.95. The molecule has 1 N–H and O–H groups in total. The average Bonchev–Trinajstić information content (AvgIpc) is 3.01. The highest BCUT2D eigenvalue weighted by Crippen LogP contribution is 2.33. The lowest BCUT2D eigenvalue weighted by Gasteiger charge is -2.19. The summed E-state index contributed by atoms with van der Waals surface area (Å²) in [4.78, 5) is 11.6. The third kappa shape index (κ3) is 2.85. The molecule has 116 valence electrons. The lowest BCUT2D eigenvalue weighted by Crippen LogP contribution is -2.14. The van der Waals surface area contributed by atoms with Gasteiger partial charge in [0.2, 0.25) is 0 Å². The van der Waals surface area contributed by atoms with Crippen LogP contribution in [0.15, 0.2) is 60.7 Å². The maximum absolute atomic E-state index is 11.6. The maximum Gasteiger partial charge on any atom is 0.358 e. The second-order valence-electron chi connectivity index (χ2n) is 5.20. The van der Waals surface area contributed by atoms with Crippen LogP contribution in [0.3, 0.4) is 0 Å². The highest BCUT2D eigenvalue weighted by Gasteiger charge is 2.28. The molecule has 0 spiro atoms. The van der Waals surface area contributed by atoms with Gasteiger partial charge in [-0.15, -0.1) is 5.10 Å². The zero-order valence-corrected chi connectivity index (χ0v) is 12.8. The van der Waals surface area contributed by atoms with E-state index >= 15 is 0 Å². The Labute approximate surface area is 134 Å². The summed E-state index contributed by atoms with van der Waals surface area (Å²) in [5.41, 5.74) is 2.64. The smallest absolute Gasteiger partial charge is 0.358 e. The number of aromatic carboxylic acids is 1. The summed E-state index contributed by atoms with van der Waals surface area (Å²) in [6.45, 7) is 2.49. The van der Waals surface area contributed by atoms with Gasteiger partial charge in [0.1, 0.15) is 0 Å². The summed E-state index contributed by atoms with van der Waals surface area (Å²) in [6.07, 6.45) is 0. The number of benzene rings is 2. The van der Waals surface area contributed by atoms with Crippen molar-refractivity contribution in [3.8, 4) is 0 Å². The number of nitrogens with zero attached hydrogens (tertiary/aromatic N) is 3. The summed E-state index contributed by atoms with van der Waals surface area (Å²) < 4.78 is 1.66. The first-order chi connectivity index (χ1) is 11.2. The highest BCUT2D eigenvalue weighted by molar-refractivity contribution is 5.87. The van der Waals surface area contributed by atoms with Gasteiger partial charge in [0, 0.05) is 6.54 Å². The number of hydrogen-bond acceptors (Lipinski definition) is 3. The van der Waals surface area contributed by atoms with Gasteiger partial charge < -0.3 is 5.11 Å². The van der Waals surface area contributed by atoms with Crippen LogP contribution in [-0.2, 0) is 6.54 Å². The van der Waals surface area contributed by atoms with E-state index in [2.05, 4.69) is 10.3 Å². The summed E-state index contributed by atoms with van der Waals surface area (Å²) in [6, 6.07) is 19.7. The van der Waals surface area contributed by atoms with Crippen molar-refractivity contribution in [2.45, 2.75) is 19.4 Å². The number of carbonyl (C=O) groups is 1. The quantitative estimate of drug-likeness (QED) is 0.786. The fraction of sp³-hybridized carbons (Fsp3) is 0.167. The minimum atomic E-state index is -1.06. The molecule has 0 radical (unpaired) electrons. The first-order valence-electron chi connectivity index (χ1n) is 7.49. The predicted octanol–water partition coefficient (Wildman–Crippen LogP) is 3.18. The Morgan fingerprint density at radius 2 is 1.57 bits per heavy atom. The molecule has 1 aromatic heterocycles. The summed E-state index contributed by atoms with van der Waals surface area (Å²) in [5, 5.41) is 17.4. The van der Waals surface area contributed by atoms with E-state index in [1.807, 2.05) is 67.6 Å². The van der Waals surface area contributed by atoms with E-state index in [9.17, 15) is 9.90 Å². The van der Waals surface area contributed by atoms with Crippen LogP contribution in [0.2, 0.25) is 0 Å². The Balaban J connectivity index is 2.25. The van der Waals surface area contributed by atoms with Crippen molar-refractivity contribution in [3.05, 3.63) is 83.2 Å². The van der Waals surface area contributed by atoms with Crippen molar-refractivity contribution in [2.24, 2.45) is 0 Å². The lowest BCUT2D eigenvalue weighted by molar-refractivity contribution is 0.0689. The molecule has 5 heteroatoms. The molecule has 0 fully saturated rings. The zero-order valence-electron chi connectivity index (χ0n) is 12.8. The molecule has 0 saturated heterocycles. The number of aryl methyl sites for hydroxylation is 1. The predicted molar refractivity (Wildman–Crippen MR) is 86.5 cm³/mol. The van der Waals surface area contributed by atoms with Crippen LogP contribution < -0.4 is 0 Å². The number of rotatable bonds is 5. The summed E-state index contributed by atoms with van der Waals surface area (Å²) in [5.74, 6) is -1.28. The number of aromatic nitrogens is 3. The average molecular weight is 307 g/mol. The van der Waals surface area contributed by atoms with Crippen molar-refractivity contribution in [1.82, 2.24) is 15.0 Å². The van der Waals surface area contributed by atoms with Gasteiger partial charge >= 0.3 is 5.97 Å². The van der Waals surface area contributed by atoms with E-state index < -0.39 is 5.97 Å². The van der Waals surface area contributed by atoms with Crippen LogP contribution in [-0.4, -0.2) is 26.1 Å². The van der Waals surface area contributed by atoms with E-state index in [1.54, 1.807) is 4.68 Å². The van der Waals surface area contributed by atoms with Crippen molar-refractivity contribution in [1.29, 1.82) is 0 Å². The van der Waals surface area contributed by atoms with E-state index in [1.165, 1.54) is 0 Å². The molecule has 0 unspecified atom stereocenters. The van der Waals surface area contributed by atoms with Crippen LogP contribution in [0.4, 0.5) is 0 Å². The highest BCUT2D eigenvalue weighted by atomic mass is 16.4. The zero-order chi connectivity index (χ0) is 16.2. The molecule has 1 heterocycles. The molecule has 0 aliphatic carbocycles. The number of hydrogen-bond donors (Lipinski definition) is 1. The van der Waals surface area contributed by atoms with Crippen LogP contribution >= 0.6 is 0 Å². The SMILES string of the molecule is CCn1nnc(C(=O)O)c1C(c1ccccc1)c1ccccc1. The Morgan fingerprint density at radius 3 is 2.00 bits per heavy atom. The number of carboxylic acids is 1. The largest absolute Gasteiger partial charge is 0.476 e. The second-order valence-corrected chi connectivity index (χ2v) is 5.20. The fourth-order valence-electron chi connectivity index (χ4n) is 2.79. The minimum Gasteiger partial charge on any atom is -0.476 e. The van der Waals surface area contributed by atoms with Gasteiger partial charge in [-0.3, -0.25) is 0 Å². The van der Waals surface area contributed by atoms with Gasteiger partial charge in [-0.25, -0.2) is 9.48 Å². The molecule has 0 aliphatic heterocycles. The van der Waals surface area contributed by atoms with Gasteiger partial charge in [-0.05, 0) is 18.1 Å². The molecular formula is C18H17N3O2. The molecule has 2 aromatic carbocycles. The van der Waals surface area contributed by atoms with Gasteiger partial charge in [0.15, 0.2) is 5.69 Å². The van der Waals surface area contributed by atoms with E-state index in [4.69, 9.17) is 0 Å². The number of carboxylic acid groups (broad SMARTS) is 1. The van der Waals surface area contributed by atoms with Crippen molar-refractivity contribution in [3.63, 3.8) is 0 Å². The lowest BCUT2D eigenvalue weighted by atomic mass is 9.87. The van der Waals surface area contributed by atoms with Crippen molar-refractivity contribution < 1.29 is 9.90 Å². The molecular weight excluding hydrogens is 290 g/mol. The van der Waals surface area contributed by atoms with Gasteiger partial charge in [0.05, 0.1) is 11.6 Å². The third-order valence-electron chi connectivity index (χ3n) is 3.81. The fourth-order valence-corrected chi connectivity index (χ4v) is 2.79. The summed E-state index contributed by atoms with van der Waals surface area (Å²) >= 11 is 0. The van der Waals surface area contributed by atoms with E-state index in [0.29, 0.717) is 12.2 Å². The Kier molecular flexibility index (Phi) is 4.19. The summed E-state index contributed by atoms with van der Waals surface area (Å²) in [7, 11) is 0. The Morgan fingerprint density at radius 1 is 1.04 bits per heavy atom. The van der Waals surface area contributed by atoms with Crippen molar-refractivity contribution in [2.75, 3.05) is 0 Å². The van der Waals surface area contributed by atoms with E-state index in [-0.39, 0.29) is 11.6 Å². The molecule has 5 nitrogen and oxygen atoms in total. The third-order valence-corrected chi connectivity index (χ3v) is 3.81. The first kappa shape index (κ1) is 15.0. The van der Waals surface area contributed by atoms with Gasteiger partial charge in [0.25, 0.3) is 0 Å². The standard InChI is InChI=1S/C18H17N3O2/c1-2-21-17(16(18(22)23)19-20-21)15(13-9-5-3-6-10-13)14-11-7-4-8-12-14/h3-12,15H,2H2,1H3,(H,22,23). The Bertz CT molecular complexity index is 758. The minimum absolute atomic E-state index is 0.00422. The van der Waals surface area contributed by atoms with Gasteiger partial charge in [-0.1, -0.05) is 65.9 Å². The van der Waals surface area contributed by atoms with Crippen molar-refractivity contribution >= 4 is 5.97 Å². The second kappa shape index (κ2) is 6.44. The van der Waals surface area contributed by atoms with Gasteiger partial charge in [-0.2, -0.15) is 0 Å². The van der Waals surface area contributed by atoms with Crippen LogP contribution in [0, 0.1) is 0 Å². The molecule has 0 bridgehead atoms.